The van der Waals surface area contributed by atoms with Gasteiger partial charge in [0.15, 0.2) is 4.34 Å². The van der Waals surface area contributed by atoms with E-state index in [2.05, 4.69) is 27.6 Å². The summed E-state index contributed by atoms with van der Waals surface area (Å²) in [6.45, 7) is 6.02. The normalized spacial score (nSPS) is 20.5. The summed E-state index contributed by atoms with van der Waals surface area (Å²) >= 11 is 2.92. The van der Waals surface area contributed by atoms with Crippen LogP contribution in [-0.2, 0) is 16.1 Å². The lowest BCUT2D eigenvalue weighted by Gasteiger charge is -2.35. The Bertz CT molecular complexity index is 685. The third-order valence-corrected chi connectivity index (χ3v) is 5.78. The molecule has 1 amide bonds. The molecule has 1 N–H and O–H groups in total. The van der Waals surface area contributed by atoms with Crippen LogP contribution < -0.4 is 5.32 Å². The van der Waals surface area contributed by atoms with Crippen molar-refractivity contribution in [1.29, 1.82) is 0 Å². The molecule has 3 rings (SSSR count). The number of nitrogens with one attached hydrogen (secondary N) is 1. The fourth-order valence-electron chi connectivity index (χ4n) is 2.71. The largest absolute Gasteiger partial charge is 0.372 e. The first-order valence-corrected chi connectivity index (χ1v) is 10.1. The van der Waals surface area contributed by atoms with Crippen LogP contribution in [0.15, 0.2) is 34.7 Å². The number of ether oxygens (including phenoxy) is 1. The molecule has 1 aliphatic rings. The number of carbonyl (C=O) groups is 1. The highest BCUT2D eigenvalue weighted by atomic mass is 32.2. The number of benzene rings is 1. The zero-order chi connectivity index (χ0) is 17.6. The quantitative estimate of drug-likeness (QED) is 0.780. The van der Waals surface area contributed by atoms with Gasteiger partial charge < -0.3 is 15.0 Å². The molecule has 2 atom stereocenters. The van der Waals surface area contributed by atoms with Crippen molar-refractivity contribution in [2.24, 2.45) is 0 Å². The summed E-state index contributed by atoms with van der Waals surface area (Å²) in [7, 11) is 0. The van der Waals surface area contributed by atoms with Gasteiger partial charge in [-0.25, -0.2) is 0 Å². The molecule has 0 bridgehead atoms. The second kappa shape index (κ2) is 8.64. The predicted octanol–water partition coefficient (Wildman–Crippen LogP) is 2.88. The van der Waals surface area contributed by atoms with Gasteiger partial charge in [-0.3, -0.25) is 4.79 Å². The van der Waals surface area contributed by atoms with Crippen LogP contribution in [0.5, 0.6) is 0 Å². The number of nitrogens with zero attached hydrogens (tertiary/aromatic N) is 3. The van der Waals surface area contributed by atoms with Crippen molar-refractivity contribution in [1.82, 2.24) is 15.1 Å². The Balaban J connectivity index is 1.46. The smallest absolute Gasteiger partial charge is 0.233 e. The van der Waals surface area contributed by atoms with Gasteiger partial charge in [-0.1, -0.05) is 53.4 Å². The van der Waals surface area contributed by atoms with Crippen LogP contribution in [-0.4, -0.2) is 52.1 Å². The standard InChI is InChI=1S/C17H22N4O2S2/c1-12-9-21(10-13(2)23-12)15(22)11-24-17-20-19-16(25-17)18-8-14-6-4-3-5-7-14/h3-7,12-13H,8-11H2,1-2H3,(H,18,19)/t12-,13-/m1/s1. The summed E-state index contributed by atoms with van der Waals surface area (Å²) in [5.41, 5.74) is 1.19. The summed E-state index contributed by atoms with van der Waals surface area (Å²) in [6.07, 6.45) is 0.182. The molecule has 8 heteroatoms. The molecular formula is C17H22N4O2S2. The number of morpholine rings is 1. The summed E-state index contributed by atoms with van der Waals surface area (Å²) in [4.78, 5) is 14.2. The first-order valence-electron chi connectivity index (χ1n) is 8.27. The fraction of sp³-hybridized carbons (Fsp3) is 0.471. The van der Waals surface area contributed by atoms with Crippen molar-refractivity contribution in [3.63, 3.8) is 0 Å². The van der Waals surface area contributed by atoms with E-state index < -0.39 is 0 Å². The molecule has 2 heterocycles. The number of amides is 1. The van der Waals surface area contributed by atoms with E-state index in [-0.39, 0.29) is 18.1 Å². The number of thioether (sulfide) groups is 1. The molecule has 1 aromatic carbocycles. The van der Waals surface area contributed by atoms with Crippen LogP contribution >= 0.6 is 23.1 Å². The summed E-state index contributed by atoms with van der Waals surface area (Å²) < 4.78 is 6.47. The number of hydrogen-bond donors (Lipinski definition) is 1. The molecule has 134 valence electrons. The Kier molecular flexibility index (Phi) is 6.28. The molecule has 0 unspecified atom stereocenters. The molecule has 0 radical (unpaired) electrons. The Morgan fingerprint density at radius 2 is 2.00 bits per heavy atom. The van der Waals surface area contributed by atoms with Gasteiger partial charge in [0.1, 0.15) is 0 Å². The van der Waals surface area contributed by atoms with Gasteiger partial charge in [0, 0.05) is 19.6 Å². The molecule has 0 aliphatic carbocycles. The minimum absolute atomic E-state index is 0.0908. The van der Waals surface area contributed by atoms with Gasteiger partial charge in [-0.15, -0.1) is 10.2 Å². The highest BCUT2D eigenvalue weighted by Gasteiger charge is 2.25. The molecule has 1 aliphatic heterocycles. The SMILES string of the molecule is C[C@@H]1CN(C(=O)CSc2nnc(NCc3ccccc3)s2)C[C@@H](C)O1. The van der Waals surface area contributed by atoms with Gasteiger partial charge in [-0.05, 0) is 19.4 Å². The second-order valence-corrected chi connectivity index (χ2v) is 8.26. The molecule has 2 aromatic rings. The van der Waals surface area contributed by atoms with Crippen LogP contribution in [0.4, 0.5) is 5.13 Å². The number of rotatable bonds is 6. The molecule has 6 nitrogen and oxygen atoms in total. The number of carbonyl (C=O) groups excluding carboxylic acids is 1. The van der Waals surface area contributed by atoms with E-state index in [4.69, 9.17) is 4.74 Å². The lowest BCUT2D eigenvalue weighted by Crippen LogP contribution is -2.48. The number of anilines is 1. The topological polar surface area (TPSA) is 67.4 Å². The highest BCUT2D eigenvalue weighted by Crippen LogP contribution is 2.26. The first kappa shape index (κ1) is 18.2. The zero-order valence-corrected chi connectivity index (χ0v) is 16.0. The fourth-order valence-corrected chi connectivity index (χ4v) is 4.36. The second-order valence-electron chi connectivity index (χ2n) is 6.06. The van der Waals surface area contributed by atoms with E-state index in [0.717, 1.165) is 9.47 Å². The molecule has 0 spiro atoms. The maximum absolute atomic E-state index is 12.4. The maximum Gasteiger partial charge on any atom is 0.233 e. The Labute approximate surface area is 156 Å². The van der Waals surface area contributed by atoms with Gasteiger partial charge >= 0.3 is 0 Å². The average Bonchev–Trinajstić information content (AvgIpc) is 3.06. The summed E-state index contributed by atoms with van der Waals surface area (Å²) in [5, 5.41) is 12.3. The summed E-state index contributed by atoms with van der Waals surface area (Å²) in [6, 6.07) is 10.1. The molecule has 25 heavy (non-hydrogen) atoms. The van der Waals surface area contributed by atoms with E-state index in [1.54, 1.807) is 0 Å². The Hall–Kier alpha value is -1.64. The van der Waals surface area contributed by atoms with E-state index in [0.29, 0.717) is 25.4 Å². The van der Waals surface area contributed by atoms with Gasteiger partial charge in [-0.2, -0.15) is 0 Å². The third-order valence-electron chi connectivity index (χ3n) is 3.78. The molecular weight excluding hydrogens is 356 g/mol. The minimum atomic E-state index is 0.0908. The molecule has 1 fully saturated rings. The van der Waals surface area contributed by atoms with Crippen molar-refractivity contribution in [2.75, 3.05) is 24.2 Å². The van der Waals surface area contributed by atoms with Crippen molar-refractivity contribution < 1.29 is 9.53 Å². The monoisotopic (exact) mass is 378 g/mol. The summed E-state index contributed by atoms with van der Waals surface area (Å²) in [5.74, 6) is 0.508. The first-order chi connectivity index (χ1) is 12.1. The molecule has 1 saturated heterocycles. The van der Waals surface area contributed by atoms with E-state index in [1.165, 1.54) is 28.7 Å². The number of hydrogen-bond acceptors (Lipinski definition) is 7. The molecule has 1 aromatic heterocycles. The zero-order valence-electron chi connectivity index (χ0n) is 14.3. The van der Waals surface area contributed by atoms with Gasteiger partial charge in [0.2, 0.25) is 11.0 Å². The number of aromatic nitrogens is 2. The minimum Gasteiger partial charge on any atom is -0.372 e. The third kappa shape index (κ3) is 5.42. The highest BCUT2D eigenvalue weighted by molar-refractivity contribution is 8.01. The van der Waals surface area contributed by atoms with Crippen LogP contribution in [0.3, 0.4) is 0 Å². The van der Waals surface area contributed by atoms with Crippen LogP contribution in [0.2, 0.25) is 0 Å². The van der Waals surface area contributed by atoms with Gasteiger partial charge in [0.25, 0.3) is 0 Å². The predicted molar refractivity (Wildman–Crippen MR) is 101 cm³/mol. The van der Waals surface area contributed by atoms with Crippen molar-refractivity contribution in [2.45, 2.75) is 36.9 Å². The molecule has 0 saturated carbocycles. The van der Waals surface area contributed by atoms with Crippen LogP contribution in [0, 0.1) is 0 Å². The van der Waals surface area contributed by atoms with Crippen molar-refractivity contribution in [3.8, 4) is 0 Å². The van der Waals surface area contributed by atoms with E-state index in [9.17, 15) is 4.79 Å². The van der Waals surface area contributed by atoms with Crippen molar-refractivity contribution >= 4 is 34.1 Å². The Morgan fingerprint density at radius 3 is 2.72 bits per heavy atom. The van der Waals surface area contributed by atoms with Crippen molar-refractivity contribution in [3.05, 3.63) is 35.9 Å². The van der Waals surface area contributed by atoms with Gasteiger partial charge in [0.05, 0.1) is 18.0 Å². The average molecular weight is 379 g/mol. The van der Waals surface area contributed by atoms with E-state index >= 15 is 0 Å². The van der Waals surface area contributed by atoms with E-state index in [1.807, 2.05) is 36.9 Å². The van der Waals surface area contributed by atoms with Crippen LogP contribution in [0.1, 0.15) is 19.4 Å². The Morgan fingerprint density at radius 1 is 1.28 bits per heavy atom. The lowest BCUT2D eigenvalue weighted by atomic mass is 10.2. The lowest BCUT2D eigenvalue weighted by molar-refractivity contribution is -0.140. The maximum atomic E-state index is 12.4. The van der Waals surface area contributed by atoms with Crippen LogP contribution in [0.25, 0.3) is 0 Å².